The zero-order valence-electron chi connectivity index (χ0n) is 14.6. The first kappa shape index (κ1) is 17.7. The Morgan fingerprint density at radius 1 is 1.26 bits per heavy atom. The summed E-state index contributed by atoms with van der Waals surface area (Å²) in [5.74, 6) is 0.619. The van der Waals surface area contributed by atoms with Crippen LogP contribution < -0.4 is 21.5 Å². The van der Waals surface area contributed by atoms with E-state index < -0.39 is 0 Å². The van der Waals surface area contributed by atoms with Crippen LogP contribution in [-0.4, -0.2) is 58.1 Å². The van der Waals surface area contributed by atoms with Crippen LogP contribution in [0.25, 0.3) is 15.5 Å². The number of Topliss-reactive ketones (excluding diaryl/α,β-unsaturated/α-hetero) is 1. The molecular weight excluding hydrogens is 366 g/mol. The Morgan fingerprint density at radius 2 is 2.07 bits per heavy atom. The molecule has 3 N–H and O–H groups in total. The highest BCUT2D eigenvalue weighted by Gasteiger charge is 2.16. The standard InChI is InChI=1S/C17H19N7O2S/c18-8-13(25)6-11-5-12(10-20-9-11)16-22-24-15(26)7-14(21-17(24)27-16)23-3-1-19-2-4-23/h5,7,9-10,19H,1-4,6,8,18H2. The van der Waals surface area contributed by atoms with E-state index in [0.29, 0.717) is 15.8 Å². The van der Waals surface area contributed by atoms with Gasteiger partial charge >= 0.3 is 0 Å². The maximum atomic E-state index is 12.5. The molecule has 140 valence electrons. The molecule has 0 amide bonds. The minimum absolute atomic E-state index is 0.000520. The summed E-state index contributed by atoms with van der Waals surface area (Å²) in [4.78, 5) is 35.5. The molecule has 10 heteroatoms. The van der Waals surface area contributed by atoms with Gasteiger partial charge in [0.15, 0.2) is 5.78 Å². The highest BCUT2D eigenvalue weighted by Crippen LogP contribution is 2.25. The lowest BCUT2D eigenvalue weighted by Gasteiger charge is -2.27. The van der Waals surface area contributed by atoms with Gasteiger partial charge < -0.3 is 16.0 Å². The van der Waals surface area contributed by atoms with Gasteiger partial charge in [0.2, 0.25) is 4.96 Å². The first-order chi connectivity index (χ1) is 13.1. The van der Waals surface area contributed by atoms with E-state index >= 15 is 0 Å². The minimum atomic E-state index is -0.210. The second kappa shape index (κ2) is 7.51. The van der Waals surface area contributed by atoms with Gasteiger partial charge in [-0.2, -0.15) is 9.61 Å². The van der Waals surface area contributed by atoms with Crippen LogP contribution in [0.2, 0.25) is 0 Å². The van der Waals surface area contributed by atoms with Gasteiger partial charge in [0.1, 0.15) is 10.8 Å². The van der Waals surface area contributed by atoms with Crippen molar-refractivity contribution in [3.8, 4) is 10.6 Å². The van der Waals surface area contributed by atoms with Crippen LogP contribution in [0.4, 0.5) is 5.82 Å². The number of fused-ring (bicyclic) bond motifs is 1. The Labute approximate surface area is 158 Å². The van der Waals surface area contributed by atoms with Crippen molar-refractivity contribution in [1.29, 1.82) is 0 Å². The fourth-order valence-corrected chi connectivity index (χ4v) is 3.85. The average Bonchev–Trinajstić information content (AvgIpc) is 3.14. The van der Waals surface area contributed by atoms with Crippen LogP contribution in [-0.2, 0) is 11.2 Å². The van der Waals surface area contributed by atoms with Gasteiger partial charge in [-0.05, 0) is 11.6 Å². The average molecular weight is 385 g/mol. The molecule has 4 rings (SSSR count). The molecule has 1 aliphatic rings. The van der Waals surface area contributed by atoms with E-state index in [1.54, 1.807) is 12.4 Å². The summed E-state index contributed by atoms with van der Waals surface area (Å²) < 4.78 is 1.31. The molecule has 27 heavy (non-hydrogen) atoms. The highest BCUT2D eigenvalue weighted by atomic mass is 32.1. The number of carbonyl (C=O) groups is 1. The number of piperazine rings is 1. The fraction of sp³-hybridized carbons (Fsp3) is 0.353. The summed E-state index contributed by atoms with van der Waals surface area (Å²) in [6, 6.07) is 3.37. The zero-order chi connectivity index (χ0) is 18.8. The van der Waals surface area contributed by atoms with E-state index in [1.165, 1.54) is 21.9 Å². The number of nitrogens with two attached hydrogens (primary N) is 1. The van der Waals surface area contributed by atoms with Crippen molar-refractivity contribution in [2.45, 2.75) is 6.42 Å². The van der Waals surface area contributed by atoms with Gasteiger partial charge in [0.05, 0.1) is 6.54 Å². The summed E-state index contributed by atoms with van der Waals surface area (Å²) in [6.07, 6.45) is 3.53. The number of rotatable bonds is 5. The maximum Gasteiger partial charge on any atom is 0.277 e. The predicted octanol–water partition coefficient (Wildman–Crippen LogP) is -0.307. The normalized spacial score (nSPS) is 14.6. The summed E-state index contributed by atoms with van der Waals surface area (Å²) in [5.41, 5.74) is 6.68. The lowest BCUT2D eigenvalue weighted by Crippen LogP contribution is -2.44. The smallest absolute Gasteiger partial charge is 0.277 e. The number of ketones is 1. The van der Waals surface area contributed by atoms with E-state index in [1.807, 2.05) is 6.07 Å². The Balaban J connectivity index is 1.69. The van der Waals surface area contributed by atoms with Crippen molar-refractivity contribution >= 4 is 27.9 Å². The lowest BCUT2D eigenvalue weighted by atomic mass is 10.1. The molecule has 1 aliphatic heterocycles. The topological polar surface area (TPSA) is 119 Å². The quantitative estimate of drug-likeness (QED) is 0.614. The molecule has 0 unspecified atom stereocenters. The largest absolute Gasteiger partial charge is 0.354 e. The number of carbonyl (C=O) groups excluding carboxylic acids is 1. The Bertz CT molecular complexity index is 1040. The molecule has 0 aromatic carbocycles. The van der Waals surface area contributed by atoms with Gasteiger partial charge in [0.25, 0.3) is 5.56 Å². The third-order valence-electron chi connectivity index (χ3n) is 4.34. The van der Waals surface area contributed by atoms with Crippen molar-refractivity contribution in [2.24, 2.45) is 5.73 Å². The van der Waals surface area contributed by atoms with Crippen LogP contribution in [0.15, 0.2) is 29.3 Å². The van der Waals surface area contributed by atoms with Crippen molar-refractivity contribution < 1.29 is 4.79 Å². The Kier molecular flexibility index (Phi) is 4.92. The Morgan fingerprint density at radius 3 is 2.85 bits per heavy atom. The molecule has 1 saturated heterocycles. The second-order valence-corrected chi connectivity index (χ2v) is 7.25. The molecule has 1 fully saturated rings. The van der Waals surface area contributed by atoms with Crippen molar-refractivity contribution in [1.82, 2.24) is 24.9 Å². The number of anilines is 1. The van der Waals surface area contributed by atoms with Crippen molar-refractivity contribution in [2.75, 3.05) is 37.6 Å². The van der Waals surface area contributed by atoms with Crippen LogP contribution in [0.3, 0.4) is 0 Å². The van der Waals surface area contributed by atoms with Crippen LogP contribution in [0.1, 0.15) is 5.56 Å². The van der Waals surface area contributed by atoms with E-state index in [0.717, 1.165) is 37.3 Å². The van der Waals surface area contributed by atoms with Gasteiger partial charge in [0, 0.05) is 56.6 Å². The highest BCUT2D eigenvalue weighted by molar-refractivity contribution is 7.19. The van der Waals surface area contributed by atoms with Crippen LogP contribution in [0, 0.1) is 0 Å². The number of hydrogen-bond donors (Lipinski definition) is 2. The molecule has 0 saturated carbocycles. The molecule has 9 nitrogen and oxygen atoms in total. The third kappa shape index (κ3) is 3.72. The summed E-state index contributed by atoms with van der Waals surface area (Å²) in [5, 5.41) is 8.30. The van der Waals surface area contributed by atoms with Gasteiger partial charge in [-0.15, -0.1) is 0 Å². The molecule has 0 bridgehead atoms. The van der Waals surface area contributed by atoms with E-state index in [-0.39, 0.29) is 24.3 Å². The number of pyridine rings is 1. The third-order valence-corrected chi connectivity index (χ3v) is 5.30. The molecule has 4 heterocycles. The van der Waals surface area contributed by atoms with Gasteiger partial charge in [-0.3, -0.25) is 14.6 Å². The molecular formula is C17H19N7O2S. The van der Waals surface area contributed by atoms with E-state index in [9.17, 15) is 9.59 Å². The summed E-state index contributed by atoms with van der Waals surface area (Å²) in [7, 11) is 0. The number of nitrogens with one attached hydrogen (secondary N) is 1. The van der Waals surface area contributed by atoms with Crippen molar-refractivity contribution in [3.05, 3.63) is 40.4 Å². The molecule has 3 aromatic heterocycles. The number of aromatic nitrogens is 4. The van der Waals surface area contributed by atoms with Gasteiger partial charge in [-0.1, -0.05) is 11.3 Å². The fourth-order valence-electron chi connectivity index (χ4n) is 2.97. The molecule has 0 aliphatic carbocycles. The summed E-state index contributed by atoms with van der Waals surface area (Å²) in [6.45, 7) is 3.37. The van der Waals surface area contributed by atoms with Crippen molar-refractivity contribution in [3.63, 3.8) is 0 Å². The number of nitrogens with zero attached hydrogens (tertiary/aromatic N) is 5. The maximum absolute atomic E-state index is 12.5. The number of hydrogen-bond acceptors (Lipinski definition) is 9. The molecule has 0 atom stereocenters. The summed E-state index contributed by atoms with van der Waals surface area (Å²) >= 11 is 1.32. The Hall–Kier alpha value is -2.69. The molecule has 0 spiro atoms. The van der Waals surface area contributed by atoms with E-state index in [2.05, 4.69) is 25.3 Å². The predicted molar refractivity (Wildman–Crippen MR) is 103 cm³/mol. The second-order valence-electron chi connectivity index (χ2n) is 6.29. The zero-order valence-corrected chi connectivity index (χ0v) is 15.4. The molecule has 3 aromatic rings. The monoisotopic (exact) mass is 385 g/mol. The molecule has 0 radical (unpaired) electrons. The van der Waals surface area contributed by atoms with Crippen LogP contribution in [0.5, 0.6) is 0 Å². The first-order valence-electron chi connectivity index (χ1n) is 8.67. The van der Waals surface area contributed by atoms with E-state index in [4.69, 9.17) is 5.73 Å². The minimum Gasteiger partial charge on any atom is -0.354 e. The lowest BCUT2D eigenvalue weighted by molar-refractivity contribution is -0.117. The van der Waals surface area contributed by atoms with Crippen LogP contribution >= 0.6 is 11.3 Å². The SMILES string of the molecule is NCC(=O)Cc1cncc(-c2nn3c(=O)cc(N4CCNCC4)nc3s2)c1. The first-order valence-corrected chi connectivity index (χ1v) is 9.48. The van der Waals surface area contributed by atoms with Gasteiger partial charge in [-0.25, -0.2) is 4.98 Å².